The van der Waals surface area contributed by atoms with Crippen LogP contribution in [0.15, 0.2) is 54.6 Å². The minimum atomic E-state index is -3.34. The van der Waals surface area contributed by atoms with Crippen LogP contribution in [0.1, 0.15) is 5.56 Å². The molecule has 1 N–H and O–H groups in total. The van der Waals surface area contributed by atoms with E-state index in [9.17, 15) is 8.42 Å². The molecule has 2 aromatic carbocycles. The molecular formula is C14H14ClNO2S. The third-order valence-corrected chi connectivity index (χ3v) is 4.12. The Morgan fingerprint density at radius 3 is 2.42 bits per heavy atom. The summed E-state index contributed by atoms with van der Waals surface area (Å²) in [7, 11) is -3.34. The average molecular weight is 296 g/mol. The van der Waals surface area contributed by atoms with Crippen LogP contribution in [0, 0.1) is 0 Å². The standard InChI is InChI=1S/C14H14ClNO2S/c15-13-6-4-5-12(11-13)9-10-19(17,18)16-14-7-2-1-3-8-14/h1-8,11,16H,9-10H2. The average Bonchev–Trinajstić information content (AvgIpc) is 2.37. The van der Waals surface area contributed by atoms with Crippen LogP contribution >= 0.6 is 11.6 Å². The molecule has 19 heavy (non-hydrogen) atoms. The summed E-state index contributed by atoms with van der Waals surface area (Å²) in [6.45, 7) is 0. The summed E-state index contributed by atoms with van der Waals surface area (Å²) in [5, 5.41) is 0.617. The first kappa shape index (κ1) is 13.9. The second-order valence-electron chi connectivity index (χ2n) is 4.17. The highest BCUT2D eigenvalue weighted by atomic mass is 35.5. The molecule has 0 fully saturated rings. The van der Waals surface area contributed by atoms with Crippen molar-refractivity contribution >= 4 is 27.3 Å². The van der Waals surface area contributed by atoms with E-state index in [2.05, 4.69) is 4.72 Å². The van der Waals surface area contributed by atoms with Crippen LogP contribution in [0.25, 0.3) is 0 Å². The van der Waals surface area contributed by atoms with Crippen LogP contribution in [-0.4, -0.2) is 14.2 Å². The summed E-state index contributed by atoms with van der Waals surface area (Å²) in [6, 6.07) is 16.1. The molecule has 0 aliphatic rings. The lowest BCUT2D eigenvalue weighted by Gasteiger charge is -2.08. The molecule has 0 unspecified atom stereocenters. The van der Waals surface area contributed by atoms with Crippen molar-refractivity contribution < 1.29 is 8.42 Å². The number of hydrogen-bond acceptors (Lipinski definition) is 2. The Balaban J connectivity index is 1.98. The molecule has 0 aliphatic carbocycles. The molecule has 5 heteroatoms. The summed E-state index contributed by atoms with van der Waals surface area (Å²) in [4.78, 5) is 0. The van der Waals surface area contributed by atoms with E-state index in [4.69, 9.17) is 11.6 Å². The molecule has 0 atom stereocenters. The second kappa shape index (κ2) is 6.08. The van der Waals surface area contributed by atoms with Crippen LogP contribution in [0.3, 0.4) is 0 Å². The largest absolute Gasteiger partial charge is 0.284 e. The summed E-state index contributed by atoms with van der Waals surface area (Å²) in [5.74, 6) is 0.0300. The summed E-state index contributed by atoms with van der Waals surface area (Å²) < 4.78 is 26.4. The summed E-state index contributed by atoms with van der Waals surface area (Å²) in [5.41, 5.74) is 1.49. The molecular weight excluding hydrogens is 282 g/mol. The quantitative estimate of drug-likeness (QED) is 0.920. The smallest absolute Gasteiger partial charge is 0.233 e. The lowest BCUT2D eigenvalue weighted by atomic mass is 10.2. The van der Waals surface area contributed by atoms with Gasteiger partial charge in [-0.1, -0.05) is 41.9 Å². The Kier molecular flexibility index (Phi) is 4.45. The molecule has 0 saturated carbocycles. The molecule has 0 heterocycles. The van der Waals surface area contributed by atoms with E-state index >= 15 is 0 Å². The zero-order chi connectivity index (χ0) is 13.7. The zero-order valence-corrected chi connectivity index (χ0v) is 11.8. The SMILES string of the molecule is O=S(=O)(CCc1cccc(Cl)c1)Nc1ccccc1. The summed E-state index contributed by atoms with van der Waals surface area (Å²) >= 11 is 5.86. The van der Waals surface area contributed by atoms with E-state index < -0.39 is 10.0 Å². The fourth-order valence-corrected chi connectivity index (χ4v) is 3.00. The van der Waals surface area contributed by atoms with Crippen LogP contribution in [0.4, 0.5) is 5.69 Å². The number of aryl methyl sites for hydroxylation is 1. The van der Waals surface area contributed by atoms with Crippen molar-refractivity contribution in [3.8, 4) is 0 Å². The highest BCUT2D eigenvalue weighted by molar-refractivity contribution is 7.92. The predicted molar refractivity (Wildman–Crippen MR) is 79.0 cm³/mol. The first-order valence-corrected chi connectivity index (χ1v) is 7.88. The highest BCUT2D eigenvalue weighted by Crippen LogP contribution is 2.13. The predicted octanol–water partition coefficient (Wildman–Crippen LogP) is 3.32. The Hall–Kier alpha value is -1.52. The number of rotatable bonds is 5. The van der Waals surface area contributed by atoms with Crippen LogP contribution in [0.2, 0.25) is 5.02 Å². The molecule has 2 rings (SSSR count). The van der Waals surface area contributed by atoms with Crippen molar-refractivity contribution in [2.24, 2.45) is 0 Å². The van der Waals surface area contributed by atoms with Gasteiger partial charge >= 0.3 is 0 Å². The molecule has 0 radical (unpaired) electrons. The van der Waals surface area contributed by atoms with Crippen LogP contribution < -0.4 is 4.72 Å². The first-order valence-electron chi connectivity index (χ1n) is 5.85. The Bertz CT molecular complexity index is 642. The fourth-order valence-electron chi connectivity index (χ4n) is 1.68. The molecule has 2 aromatic rings. The van der Waals surface area contributed by atoms with Crippen LogP contribution in [-0.2, 0) is 16.4 Å². The minimum absolute atomic E-state index is 0.0300. The normalized spacial score (nSPS) is 11.2. The highest BCUT2D eigenvalue weighted by Gasteiger charge is 2.10. The molecule has 0 aromatic heterocycles. The summed E-state index contributed by atoms with van der Waals surface area (Å²) in [6.07, 6.45) is 0.433. The number of hydrogen-bond donors (Lipinski definition) is 1. The Morgan fingerprint density at radius 1 is 1.00 bits per heavy atom. The van der Waals surface area contributed by atoms with Crippen molar-refractivity contribution in [3.63, 3.8) is 0 Å². The van der Waals surface area contributed by atoms with Crippen molar-refractivity contribution in [2.75, 3.05) is 10.5 Å². The topological polar surface area (TPSA) is 46.2 Å². The third kappa shape index (κ3) is 4.58. The van der Waals surface area contributed by atoms with Gasteiger partial charge < -0.3 is 0 Å². The molecule has 0 saturated heterocycles. The van der Waals surface area contributed by atoms with Gasteiger partial charge in [-0.15, -0.1) is 0 Å². The van der Waals surface area contributed by atoms with E-state index in [0.717, 1.165) is 5.56 Å². The maximum atomic E-state index is 11.9. The van der Waals surface area contributed by atoms with Gasteiger partial charge in [0.2, 0.25) is 10.0 Å². The van der Waals surface area contributed by atoms with Gasteiger partial charge in [0.25, 0.3) is 0 Å². The van der Waals surface area contributed by atoms with Gasteiger partial charge in [0.15, 0.2) is 0 Å². The molecule has 3 nitrogen and oxygen atoms in total. The van der Waals surface area contributed by atoms with Gasteiger partial charge in [0, 0.05) is 10.7 Å². The number of benzene rings is 2. The Labute approximate surface area is 118 Å². The minimum Gasteiger partial charge on any atom is -0.284 e. The van der Waals surface area contributed by atoms with Gasteiger partial charge in [-0.25, -0.2) is 8.42 Å². The van der Waals surface area contributed by atoms with Crippen LogP contribution in [0.5, 0.6) is 0 Å². The monoisotopic (exact) mass is 295 g/mol. The van der Waals surface area contributed by atoms with Crippen molar-refractivity contribution in [3.05, 3.63) is 65.2 Å². The van der Waals surface area contributed by atoms with E-state index in [1.165, 1.54) is 0 Å². The first-order chi connectivity index (χ1) is 9.05. The van der Waals surface area contributed by atoms with Gasteiger partial charge in [-0.3, -0.25) is 4.72 Å². The van der Waals surface area contributed by atoms with Crippen molar-refractivity contribution in [2.45, 2.75) is 6.42 Å². The third-order valence-electron chi connectivity index (χ3n) is 2.60. The lowest BCUT2D eigenvalue weighted by molar-refractivity contribution is 0.600. The van der Waals surface area contributed by atoms with Gasteiger partial charge in [0.1, 0.15) is 0 Å². The number of nitrogens with one attached hydrogen (secondary N) is 1. The van der Waals surface area contributed by atoms with E-state index in [0.29, 0.717) is 17.1 Å². The maximum absolute atomic E-state index is 11.9. The fraction of sp³-hybridized carbons (Fsp3) is 0.143. The number of sulfonamides is 1. The molecule has 0 spiro atoms. The van der Waals surface area contributed by atoms with Gasteiger partial charge in [-0.2, -0.15) is 0 Å². The Morgan fingerprint density at radius 2 is 1.74 bits per heavy atom. The van der Waals surface area contributed by atoms with E-state index in [1.807, 2.05) is 18.2 Å². The molecule has 0 bridgehead atoms. The van der Waals surface area contributed by atoms with Crippen molar-refractivity contribution in [1.29, 1.82) is 0 Å². The second-order valence-corrected chi connectivity index (χ2v) is 6.45. The lowest BCUT2D eigenvalue weighted by Crippen LogP contribution is -2.18. The van der Waals surface area contributed by atoms with Crippen molar-refractivity contribution in [1.82, 2.24) is 0 Å². The van der Waals surface area contributed by atoms with E-state index in [-0.39, 0.29) is 5.75 Å². The van der Waals surface area contributed by atoms with Gasteiger partial charge in [-0.05, 0) is 36.2 Å². The molecule has 0 amide bonds. The molecule has 100 valence electrons. The molecule has 0 aliphatic heterocycles. The van der Waals surface area contributed by atoms with E-state index in [1.54, 1.807) is 36.4 Å². The zero-order valence-electron chi connectivity index (χ0n) is 10.2. The number of halogens is 1. The maximum Gasteiger partial charge on any atom is 0.233 e. The number of para-hydroxylation sites is 1. The van der Waals surface area contributed by atoms with Gasteiger partial charge in [0.05, 0.1) is 5.75 Å². The number of anilines is 1.